The maximum Gasteiger partial charge on any atom is 0.282 e. The molecule has 2 amide bonds. The Balaban J connectivity index is 1.74. The summed E-state index contributed by atoms with van der Waals surface area (Å²) in [6.45, 7) is 3.12. The molecule has 0 bridgehead atoms. The Kier molecular flexibility index (Phi) is 6.36. The number of rotatable bonds is 8. The van der Waals surface area contributed by atoms with Crippen LogP contribution in [0.1, 0.15) is 24.5 Å². The smallest absolute Gasteiger partial charge is 0.282 e. The van der Waals surface area contributed by atoms with Crippen molar-refractivity contribution < 1.29 is 14.3 Å². The molecule has 162 valence electrons. The first-order valence-electron chi connectivity index (χ1n) is 10.8. The number of amides is 2. The van der Waals surface area contributed by atoms with E-state index in [-0.39, 0.29) is 11.8 Å². The molecule has 1 heterocycles. The van der Waals surface area contributed by atoms with Gasteiger partial charge in [-0.05, 0) is 29.7 Å². The highest BCUT2D eigenvalue weighted by Gasteiger charge is 2.41. The Bertz CT molecular complexity index is 1140. The van der Waals surface area contributed by atoms with Crippen molar-refractivity contribution in [3.05, 3.63) is 102 Å². The molecule has 3 aromatic carbocycles. The molecular formula is C27H26N2O3. The molecule has 0 spiro atoms. The van der Waals surface area contributed by atoms with Crippen LogP contribution in [-0.2, 0) is 16.1 Å². The van der Waals surface area contributed by atoms with Gasteiger partial charge >= 0.3 is 0 Å². The van der Waals surface area contributed by atoms with Gasteiger partial charge in [0.15, 0.2) is 0 Å². The van der Waals surface area contributed by atoms with Gasteiger partial charge in [0.1, 0.15) is 11.4 Å². The number of nitrogens with zero attached hydrogens (tertiary/aromatic N) is 2. The minimum Gasteiger partial charge on any atom is -0.494 e. The molecule has 0 aliphatic carbocycles. The summed E-state index contributed by atoms with van der Waals surface area (Å²) in [4.78, 5) is 30.3. The molecule has 3 aromatic rings. The summed E-state index contributed by atoms with van der Waals surface area (Å²) in [5.74, 6) is -0.0269. The van der Waals surface area contributed by atoms with E-state index in [1.807, 2.05) is 85.6 Å². The highest BCUT2D eigenvalue weighted by molar-refractivity contribution is 6.45. The van der Waals surface area contributed by atoms with Gasteiger partial charge in [-0.25, -0.2) is 4.90 Å². The molecule has 0 N–H and O–H groups in total. The Labute approximate surface area is 188 Å². The molecule has 0 unspecified atom stereocenters. The van der Waals surface area contributed by atoms with E-state index in [1.54, 1.807) is 18.2 Å². The highest BCUT2D eigenvalue weighted by atomic mass is 16.5. The summed E-state index contributed by atoms with van der Waals surface area (Å²) in [7, 11) is 1.85. The number of carbonyl (C=O) groups is 2. The predicted molar refractivity (Wildman–Crippen MR) is 126 cm³/mol. The summed E-state index contributed by atoms with van der Waals surface area (Å²) in [5.41, 5.74) is 3.09. The van der Waals surface area contributed by atoms with Gasteiger partial charge in [0, 0.05) is 19.7 Å². The Morgan fingerprint density at radius 2 is 1.53 bits per heavy atom. The van der Waals surface area contributed by atoms with E-state index >= 15 is 0 Å². The fraction of sp³-hybridized carbons (Fsp3) is 0.185. The summed E-state index contributed by atoms with van der Waals surface area (Å²) in [6.07, 6.45) is 0.875. The van der Waals surface area contributed by atoms with Crippen LogP contribution < -0.4 is 9.64 Å². The van der Waals surface area contributed by atoms with Crippen LogP contribution in [0, 0.1) is 0 Å². The van der Waals surface area contributed by atoms with Crippen molar-refractivity contribution in [3.63, 3.8) is 0 Å². The van der Waals surface area contributed by atoms with Crippen LogP contribution in [-0.4, -0.2) is 30.4 Å². The van der Waals surface area contributed by atoms with E-state index in [4.69, 9.17) is 4.74 Å². The normalized spacial score (nSPS) is 13.6. The van der Waals surface area contributed by atoms with E-state index in [9.17, 15) is 9.59 Å². The summed E-state index contributed by atoms with van der Waals surface area (Å²) < 4.78 is 5.72. The van der Waals surface area contributed by atoms with Gasteiger partial charge in [-0.1, -0.05) is 73.7 Å². The minimum atomic E-state index is -0.333. The van der Waals surface area contributed by atoms with Crippen LogP contribution >= 0.6 is 0 Å². The monoisotopic (exact) mass is 426 g/mol. The van der Waals surface area contributed by atoms with E-state index in [0.29, 0.717) is 35.9 Å². The Hall–Kier alpha value is -3.86. The van der Waals surface area contributed by atoms with Crippen LogP contribution in [0.15, 0.2) is 90.6 Å². The fourth-order valence-electron chi connectivity index (χ4n) is 3.84. The predicted octanol–water partition coefficient (Wildman–Crippen LogP) is 4.89. The molecule has 4 rings (SSSR count). The number of hydrogen-bond acceptors (Lipinski definition) is 4. The van der Waals surface area contributed by atoms with Gasteiger partial charge in [-0.15, -0.1) is 0 Å². The molecule has 0 atom stereocenters. The Morgan fingerprint density at radius 3 is 2.22 bits per heavy atom. The summed E-state index contributed by atoms with van der Waals surface area (Å²) >= 11 is 0. The third-order valence-electron chi connectivity index (χ3n) is 5.31. The molecule has 1 aliphatic heterocycles. The third-order valence-corrected chi connectivity index (χ3v) is 5.31. The van der Waals surface area contributed by atoms with Crippen LogP contribution in [0.4, 0.5) is 5.69 Å². The lowest BCUT2D eigenvalue weighted by Gasteiger charge is -2.22. The van der Waals surface area contributed by atoms with Crippen LogP contribution in [0.2, 0.25) is 0 Å². The fourth-order valence-corrected chi connectivity index (χ4v) is 3.84. The largest absolute Gasteiger partial charge is 0.494 e. The van der Waals surface area contributed by atoms with Crippen molar-refractivity contribution in [2.24, 2.45) is 0 Å². The number of ether oxygens (including phenoxy) is 1. The van der Waals surface area contributed by atoms with Crippen LogP contribution in [0.25, 0.3) is 5.57 Å². The first-order valence-corrected chi connectivity index (χ1v) is 10.8. The van der Waals surface area contributed by atoms with Crippen molar-refractivity contribution in [3.8, 4) is 5.75 Å². The van der Waals surface area contributed by atoms with E-state index in [2.05, 4.69) is 0 Å². The highest BCUT2D eigenvalue weighted by Crippen LogP contribution is 2.35. The van der Waals surface area contributed by atoms with Gasteiger partial charge in [-0.2, -0.15) is 0 Å². The summed E-state index contributed by atoms with van der Waals surface area (Å²) in [6, 6.07) is 26.4. The lowest BCUT2D eigenvalue weighted by molar-refractivity contribution is -0.120. The van der Waals surface area contributed by atoms with Crippen molar-refractivity contribution >= 4 is 23.1 Å². The molecular weight excluding hydrogens is 400 g/mol. The number of imide groups is 1. The molecule has 5 nitrogen and oxygen atoms in total. The lowest BCUT2D eigenvalue weighted by Crippen LogP contribution is -2.34. The molecule has 32 heavy (non-hydrogen) atoms. The average molecular weight is 427 g/mol. The molecule has 0 aromatic heterocycles. The number of likely N-dealkylation sites (N-methyl/N-ethyl adjacent to an activating group) is 1. The second-order valence-corrected chi connectivity index (χ2v) is 7.72. The second kappa shape index (κ2) is 9.52. The SMILES string of the molecule is CCCOc1cccc(N2C(=O)C(c3ccccc3)=C(N(C)Cc3ccccc3)C2=O)c1. The first kappa shape index (κ1) is 21.4. The number of benzene rings is 3. The number of carbonyl (C=O) groups excluding carboxylic acids is 2. The Morgan fingerprint density at radius 1 is 0.844 bits per heavy atom. The van der Waals surface area contributed by atoms with E-state index in [1.165, 1.54) is 4.90 Å². The van der Waals surface area contributed by atoms with Gasteiger partial charge in [-0.3, -0.25) is 9.59 Å². The van der Waals surface area contributed by atoms with Crippen LogP contribution in [0.5, 0.6) is 5.75 Å². The molecule has 0 fully saturated rings. The number of anilines is 1. The standard InChI is InChI=1S/C27H26N2O3/c1-3-17-32-23-16-10-15-22(18-23)29-26(30)24(21-13-8-5-9-14-21)25(27(29)31)28(2)19-20-11-6-4-7-12-20/h4-16,18H,3,17,19H2,1-2H3. The molecule has 0 radical (unpaired) electrons. The zero-order chi connectivity index (χ0) is 22.5. The maximum atomic E-state index is 13.6. The zero-order valence-electron chi connectivity index (χ0n) is 18.3. The van der Waals surface area contributed by atoms with Crippen molar-refractivity contribution in [1.82, 2.24) is 4.90 Å². The van der Waals surface area contributed by atoms with E-state index < -0.39 is 0 Å². The van der Waals surface area contributed by atoms with E-state index in [0.717, 1.165) is 17.5 Å². The second-order valence-electron chi connectivity index (χ2n) is 7.72. The van der Waals surface area contributed by atoms with Gasteiger partial charge in [0.25, 0.3) is 11.8 Å². The molecule has 0 saturated heterocycles. The number of hydrogen-bond donors (Lipinski definition) is 0. The van der Waals surface area contributed by atoms with Crippen LogP contribution in [0.3, 0.4) is 0 Å². The average Bonchev–Trinajstić information content (AvgIpc) is 3.09. The van der Waals surface area contributed by atoms with Gasteiger partial charge < -0.3 is 9.64 Å². The molecule has 5 heteroatoms. The van der Waals surface area contributed by atoms with Crippen molar-refractivity contribution in [2.45, 2.75) is 19.9 Å². The topological polar surface area (TPSA) is 49.9 Å². The van der Waals surface area contributed by atoms with Crippen molar-refractivity contribution in [1.29, 1.82) is 0 Å². The quantitative estimate of drug-likeness (QED) is 0.481. The van der Waals surface area contributed by atoms with Gasteiger partial charge in [0.2, 0.25) is 0 Å². The zero-order valence-corrected chi connectivity index (χ0v) is 18.3. The first-order chi connectivity index (χ1) is 15.6. The third kappa shape index (κ3) is 4.28. The molecule has 1 aliphatic rings. The minimum absolute atomic E-state index is 0.330. The summed E-state index contributed by atoms with van der Waals surface area (Å²) in [5, 5.41) is 0. The molecule has 0 saturated carbocycles. The van der Waals surface area contributed by atoms with Crippen molar-refractivity contribution in [2.75, 3.05) is 18.6 Å². The van der Waals surface area contributed by atoms with Gasteiger partial charge in [0.05, 0.1) is 17.9 Å². The lowest BCUT2D eigenvalue weighted by atomic mass is 10.0. The maximum absolute atomic E-state index is 13.6.